The third kappa shape index (κ3) is 12.0. The number of aliphatic hydroxyl groups excluding tert-OH is 1. The molecule has 6 atom stereocenters. The van der Waals surface area contributed by atoms with Gasteiger partial charge >= 0.3 is 0 Å². The molecule has 57 heavy (non-hydrogen) atoms. The molecule has 2 aromatic rings. The zero-order valence-corrected chi connectivity index (χ0v) is 33.2. The molecule has 310 valence electrons. The number of benzene rings is 2. The Labute approximate surface area is 334 Å². The Morgan fingerprint density at radius 1 is 0.965 bits per heavy atom. The molecule has 15 heteroatoms. The van der Waals surface area contributed by atoms with E-state index in [1.54, 1.807) is 44.4 Å². The maximum absolute atomic E-state index is 14.5. The maximum atomic E-state index is 14.5. The summed E-state index contributed by atoms with van der Waals surface area (Å²) in [6.45, 7) is 1.88. The highest BCUT2D eigenvalue weighted by Gasteiger charge is 2.45. The molecule has 5 N–H and O–H groups in total. The summed E-state index contributed by atoms with van der Waals surface area (Å²) in [5, 5.41) is 22.1. The average molecular weight is 791 g/mol. The number of aryl methyl sites for hydroxylation is 1. The molecule has 1 saturated carbocycles. The SMILES string of the molecule is CCC[C@H](NC(=O)[C@@H]1CC2CN1C(=O)[C@H](C1CCCCC1)NC(=O)CCc1cccc(c1)OCCO2)[C@@H](O)C(=O)NCC(=O)N[C@H](C(=O)N(C)C)c1ccccc1. The molecule has 1 unspecified atom stereocenters. The van der Waals surface area contributed by atoms with Crippen molar-refractivity contribution in [2.75, 3.05) is 40.4 Å². The van der Waals surface area contributed by atoms with Crippen molar-refractivity contribution in [2.24, 2.45) is 5.92 Å². The molecule has 4 bridgehead atoms. The zero-order valence-electron chi connectivity index (χ0n) is 33.2. The van der Waals surface area contributed by atoms with Crippen molar-refractivity contribution in [2.45, 2.75) is 108 Å². The molecule has 2 aliphatic heterocycles. The van der Waals surface area contributed by atoms with Crippen LogP contribution in [0.5, 0.6) is 5.75 Å². The van der Waals surface area contributed by atoms with Crippen molar-refractivity contribution >= 4 is 35.4 Å². The lowest BCUT2D eigenvalue weighted by molar-refractivity contribution is -0.144. The highest BCUT2D eigenvalue weighted by atomic mass is 16.5. The van der Waals surface area contributed by atoms with E-state index >= 15 is 0 Å². The fraction of sp³-hybridized carbons (Fsp3) is 0.571. The molecule has 0 radical (unpaired) electrons. The van der Waals surface area contributed by atoms with Gasteiger partial charge in [-0.1, -0.05) is 75.1 Å². The smallest absolute Gasteiger partial charge is 0.251 e. The minimum Gasteiger partial charge on any atom is -0.491 e. The summed E-state index contributed by atoms with van der Waals surface area (Å²) in [4.78, 5) is 84.0. The van der Waals surface area contributed by atoms with Gasteiger partial charge in [0.15, 0.2) is 6.10 Å². The summed E-state index contributed by atoms with van der Waals surface area (Å²) in [5.74, 6) is -2.51. The summed E-state index contributed by atoms with van der Waals surface area (Å²) in [5.41, 5.74) is 1.50. The van der Waals surface area contributed by atoms with Gasteiger partial charge in [0.25, 0.3) is 5.91 Å². The number of fused-ring (bicyclic) bond motifs is 4. The highest BCUT2D eigenvalue weighted by Crippen LogP contribution is 2.30. The van der Waals surface area contributed by atoms with E-state index in [2.05, 4.69) is 21.3 Å². The molecule has 1 saturated heterocycles. The number of rotatable bonds is 12. The van der Waals surface area contributed by atoms with Gasteiger partial charge in [0.05, 0.1) is 25.3 Å². The third-order valence-electron chi connectivity index (χ3n) is 10.9. The molecule has 0 aromatic heterocycles. The Kier molecular flexibility index (Phi) is 15.8. The van der Waals surface area contributed by atoms with Crippen molar-refractivity contribution in [1.82, 2.24) is 31.1 Å². The number of ether oxygens (including phenoxy) is 2. The van der Waals surface area contributed by atoms with Crippen molar-refractivity contribution in [3.63, 3.8) is 0 Å². The van der Waals surface area contributed by atoms with Crippen LogP contribution in [0.15, 0.2) is 54.6 Å². The van der Waals surface area contributed by atoms with E-state index in [1.165, 1.54) is 9.80 Å². The first kappa shape index (κ1) is 43.1. The first-order valence-corrected chi connectivity index (χ1v) is 20.2. The van der Waals surface area contributed by atoms with Gasteiger partial charge in [-0.3, -0.25) is 28.8 Å². The van der Waals surface area contributed by atoms with E-state index in [0.29, 0.717) is 24.2 Å². The van der Waals surface area contributed by atoms with Gasteiger partial charge in [-0.2, -0.15) is 0 Å². The molecule has 2 fully saturated rings. The molecule has 3 aliphatic rings. The zero-order chi connectivity index (χ0) is 40.9. The van der Waals surface area contributed by atoms with Crippen LogP contribution in [-0.2, 0) is 39.9 Å². The van der Waals surface area contributed by atoms with Crippen LogP contribution >= 0.6 is 0 Å². The van der Waals surface area contributed by atoms with Crippen LogP contribution in [0.2, 0.25) is 0 Å². The van der Waals surface area contributed by atoms with Crippen LogP contribution in [0, 0.1) is 5.92 Å². The van der Waals surface area contributed by atoms with Gasteiger partial charge in [-0.25, -0.2) is 0 Å². The lowest BCUT2D eigenvalue weighted by atomic mass is 9.83. The van der Waals surface area contributed by atoms with Crippen molar-refractivity contribution in [1.29, 1.82) is 0 Å². The first-order valence-electron chi connectivity index (χ1n) is 20.2. The van der Waals surface area contributed by atoms with Gasteiger partial charge < -0.3 is 45.6 Å². The number of carbonyl (C=O) groups excluding carboxylic acids is 6. The third-order valence-corrected chi connectivity index (χ3v) is 10.9. The predicted octanol–water partition coefficient (Wildman–Crippen LogP) is 1.77. The number of carbonyl (C=O) groups is 6. The number of hydrogen-bond donors (Lipinski definition) is 5. The Morgan fingerprint density at radius 2 is 1.72 bits per heavy atom. The Morgan fingerprint density at radius 3 is 2.44 bits per heavy atom. The summed E-state index contributed by atoms with van der Waals surface area (Å²) in [6.07, 6.45) is 3.77. The largest absolute Gasteiger partial charge is 0.491 e. The Hall–Kier alpha value is -5.02. The fourth-order valence-electron chi connectivity index (χ4n) is 7.86. The van der Waals surface area contributed by atoms with E-state index in [0.717, 1.165) is 37.7 Å². The maximum Gasteiger partial charge on any atom is 0.251 e. The van der Waals surface area contributed by atoms with Crippen LogP contribution < -0.4 is 26.0 Å². The molecule has 2 heterocycles. The standard InChI is InChI=1S/C42H58N6O9/c1-4-12-32(38(51)40(53)43-25-35(50)46-36(41(54)47(2)3)28-14-7-5-8-15-28)44-39(52)33-24-31-26-48(33)42(55)37(29-16-9-6-10-17-29)45-34(49)20-19-27-13-11-18-30(23-27)56-21-22-57-31/h5,7-8,11,13-15,18,23,29,31-33,36-38,51H,4,6,9-10,12,16-17,19-22,24-26H2,1-3H3,(H,43,53)(H,44,52)(H,45,49)(H,46,50)/t31?,32-,33-,36-,37-,38+/m0/s1. The number of aliphatic hydroxyl groups is 1. The molecular weight excluding hydrogens is 732 g/mol. The quantitative estimate of drug-likeness (QED) is 0.213. The second-order valence-corrected chi connectivity index (χ2v) is 15.4. The van der Waals surface area contributed by atoms with Gasteiger partial charge in [-0.05, 0) is 54.9 Å². The highest BCUT2D eigenvalue weighted by molar-refractivity contribution is 5.94. The van der Waals surface area contributed by atoms with Crippen LogP contribution in [0.25, 0.3) is 0 Å². The van der Waals surface area contributed by atoms with E-state index in [9.17, 15) is 33.9 Å². The summed E-state index contributed by atoms with van der Waals surface area (Å²) < 4.78 is 12.1. The van der Waals surface area contributed by atoms with Gasteiger partial charge in [0.2, 0.25) is 29.5 Å². The topological polar surface area (TPSA) is 196 Å². The number of hydrogen-bond acceptors (Lipinski definition) is 9. The first-order chi connectivity index (χ1) is 27.4. The van der Waals surface area contributed by atoms with Crippen molar-refractivity contribution in [3.05, 3.63) is 65.7 Å². The number of amides is 6. The molecule has 5 rings (SSSR count). The lowest BCUT2D eigenvalue weighted by Crippen LogP contribution is -2.58. The van der Waals surface area contributed by atoms with E-state index in [1.807, 2.05) is 31.2 Å². The fourth-order valence-corrected chi connectivity index (χ4v) is 7.86. The van der Waals surface area contributed by atoms with Crippen molar-refractivity contribution < 1.29 is 43.3 Å². The number of likely N-dealkylation sites (N-methyl/N-ethyl adjacent to an activating group) is 1. The second-order valence-electron chi connectivity index (χ2n) is 15.4. The van der Waals surface area contributed by atoms with Crippen molar-refractivity contribution in [3.8, 4) is 5.75 Å². The van der Waals surface area contributed by atoms with Crippen LogP contribution in [0.3, 0.4) is 0 Å². The molecule has 15 nitrogen and oxygen atoms in total. The minimum atomic E-state index is -1.73. The molecule has 2 aromatic carbocycles. The number of nitrogens with one attached hydrogen (secondary N) is 4. The van der Waals surface area contributed by atoms with Crippen LogP contribution in [-0.4, -0.2) is 121 Å². The number of nitrogens with zero attached hydrogens (tertiary/aromatic N) is 2. The van der Waals surface area contributed by atoms with Crippen LogP contribution in [0.4, 0.5) is 0 Å². The summed E-state index contributed by atoms with van der Waals surface area (Å²) in [6, 6.07) is 12.4. The van der Waals surface area contributed by atoms with Gasteiger partial charge in [0, 0.05) is 33.5 Å². The molecule has 6 amide bonds. The molecular formula is C42H58N6O9. The van der Waals surface area contributed by atoms with Crippen LogP contribution in [0.1, 0.15) is 81.9 Å². The minimum absolute atomic E-state index is 0.0889. The van der Waals surface area contributed by atoms with E-state index in [4.69, 9.17) is 9.47 Å². The summed E-state index contributed by atoms with van der Waals surface area (Å²) in [7, 11) is 3.14. The normalized spacial score (nSPS) is 22.2. The van der Waals surface area contributed by atoms with E-state index in [-0.39, 0.29) is 62.7 Å². The Balaban J connectivity index is 1.28. The summed E-state index contributed by atoms with van der Waals surface area (Å²) >= 11 is 0. The molecule has 0 spiro atoms. The van der Waals surface area contributed by atoms with Gasteiger partial charge in [0.1, 0.15) is 30.5 Å². The Bertz CT molecular complexity index is 1700. The predicted molar refractivity (Wildman–Crippen MR) is 210 cm³/mol. The lowest BCUT2D eigenvalue weighted by Gasteiger charge is -2.35. The van der Waals surface area contributed by atoms with E-state index < -0.39 is 60.6 Å². The average Bonchev–Trinajstić information content (AvgIpc) is 3.66. The van der Waals surface area contributed by atoms with Gasteiger partial charge in [-0.15, -0.1) is 0 Å². The molecule has 1 aliphatic carbocycles. The monoisotopic (exact) mass is 790 g/mol. The second kappa shape index (κ2) is 20.9.